The smallest absolute Gasteiger partial charge is 0.389 e. The van der Waals surface area contributed by atoms with Gasteiger partial charge in [-0.1, -0.05) is 12.1 Å². The Kier molecular flexibility index (Phi) is 8.48. The van der Waals surface area contributed by atoms with Crippen molar-refractivity contribution in [3.63, 3.8) is 0 Å². The lowest BCUT2D eigenvalue weighted by molar-refractivity contribution is -0.136. The van der Waals surface area contributed by atoms with E-state index >= 15 is 0 Å². The van der Waals surface area contributed by atoms with Gasteiger partial charge in [0.05, 0.1) is 19.3 Å². The van der Waals surface area contributed by atoms with Gasteiger partial charge in [-0.15, -0.1) is 0 Å². The summed E-state index contributed by atoms with van der Waals surface area (Å²) in [6.07, 6.45) is -2.47. The van der Waals surface area contributed by atoms with E-state index in [0.717, 1.165) is 6.08 Å². The van der Waals surface area contributed by atoms with E-state index in [1.165, 1.54) is 43.5 Å². The van der Waals surface area contributed by atoms with Crippen LogP contribution in [-0.4, -0.2) is 36.9 Å². The van der Waals surface area contributed by atoms with Crippen molar-refractivity contribution < 1.29 is 42.1 Å². The molecule has 0 aliphatic carbocycles. The number of benzene rings is 2. The van der Waals surface area contributed by atoms with Crippen LogP contribution in [0.5, 0.6) is 17.2 Å². The molecular weight excluding hydrogens is 417 g/mol. The van der Waals surface area contributed by atoms with Crippen LogP contribution in [0.2, 0.25) is 0 Å². The quantitative estimate of drug-likeness (QED) is 0.240. The molecule has 0 fully saturated rings. The number of hydrogen-bond acceptors (Lipinski definition) is 5. The summed E-state index contributed by atoms with van der Waals surface area (Å²) in [6, 6.07) is 10.6. The van der Waals surface area contributed by atoms with Crippen molar-refractivity contribution in [1.82, 2.24) is 0 Å². The summed E-state index contributed by atoms with van der Waals surface area (Å²) >= 11 is 0. The van der Waals surface area contributed by atoms with Crippen LogP contribution in [0.4, 0.5) is 13.2 Å². The van der Waals surface area contributed by atoms with Gasteiger partial charge in [0.15, 0.2) is 11.5 Å². The largest absolute Gasteiger partial charge is 0.493 e. The van der Waals surface area contributed by atoms with Crippen LogP contribution in [0, 0.1) is 0 Å². The molecule has 0 aliphatic rings. The monoisotopic (exact) mass is 438 g/mol. The maximum atomic E-state index is 12.4. The van der Waals surface area contributed by atoms with Crippen LogP contribution in [0.25, 0.3) is 6.08 Å². The molecule has 0 saturated heterocycles. The molecule has 0 radical (unpaired) electrons. The van der Waals surface area contributed by atoms with E-state index in [1.807, 2.05) is 0 Å². The fourth-order valence-electron chi connectivity index (χ4n) is 2.50. The molecule has 31 heavy (non-hydrogen) atoms. The Morgan fingerprint density at radius 2 is 1.74 bits per heavy atom. The third-order valence-corrected chi connectivity index (χ3v) is 4.02. The van der Waals surface area contributed by atoms with Gasteiger partial charge in [-0.25, -0.2) is 9.59 Å². The maximum Gasteiger partial charge on any atom is 0.389 e. The highest BCUT2D eigenvalue weighted by Gasteiger charge is 2.25. The maximum absolute atomic E-state index is 12.4. The number of ether oxygens (including phenoxy) is 3. The third kappa shape index (κ3) is 8.41. The van der Waals surface area contributed by atoms with Gasteiger partial charge in [0, 0.05) is 12.5 Å². The first kappa shape index (κ1) is 23.8. The highest BCUT2D eigenvalue weighted by molar-refractivity contribution is 5.92. The fraction of sp³-hybridized carbons (Fsp3) is 0.273. The Hall–Kier alpha value is -3.49. The second kappa shape index (κ2) is 11.1. The van der Waals surface area contributed by atoms with Gasteiger partial charge in [0.1, 0.15) is 5.75 Å². The summed E-state index contributed by atoms with van der Waals surface area (Å²) in [5.41, 5.74) is 0.816. The summed E-state index contributed by atoms with van der Waals surface area (Å²) in [5, 5.41) is 8.62. The van der Waals surface area contributed by atoms with Crippen LogP contribution in [0.1, 0.15) is 35.2 Å². The number of aliphatic carboxylic acids is 1. The summed E-state index contributed by atoms with van der Waals surface area (Å²) < 4.78 is 52.4. The Labute approximate surface area is 176 Å². The topological polar surface area (TPSA) is 82.1 Å². The number of esters is 1. The first-order valence-electron chi connectivity index (χ1n) is 9.29. The van der Waals surface area contributed by atoms with E-state index in [0.29, 0.717) is 11.3 Å². The van der Waals surface area contributed by atoms with Gasteiger partial charge >= 0.3 is 18.1 Å². The summed E-state index contributed by atoms with van der Waals surface area (Å²) in [7, 11) is 1.38. The molecule has 166 valence electrons. The third-order valence-electron chi connectivity index (χ3n) is 4.02. The van der Waals surface area contributed by atoms with E-state index in [1.54, 1.807) is 12.1 Å². The number of unbranched alkanes of at least 4 members (excludes halogenated alkanes) is 1. The van der Waals surface area contributed by atoms with E-state index in [-0.39, 0.29) is 36.5 Å². The minimum absolute atomic E-state index is 0.0406. The molecule has 2 aromatic rings. The van der Waals surface area contributed by atoms with Crippen LogP contribution in [-0.2, 0) is 4.79 Å². The number of rotatable bonds is 10. The molecule has 2 rings (SSSR count). The fourth-order valence-corrected chi connectivity index (χ4v) is 2.50. The molecule has 0 atom stereocenters. The van der Waals surface area contributed by atoms with Crippen molar-refractivity contribution in [2.24, 2.45) is 0 Å². The van der Waals surface area contributed by atoms with Gasteiger partial charge < -0.3 is 19.3 Å². The lowest BCUT2D eigenvalue weighted by atomic mass is 10.2. The summed E-state index contributed by atoms with van der Waals surface area (Å²) in [6.45, 7) is 0.0822. The molecule has 1 N–H and O–H groups in total. The number of carboxylic acid groups (broad SMARTS) is 1. The minimum Gasteiger partial charge on any atom is -0.493 e. The first-order valence-corrected chi connectivity index (χ1v) is 9.29. The van der Waals surface area contributed by atoms with E-state index in [2.05, 4.69) is 0 Å². The van der Waals surface area contributed by atoms with Gasteiger partial charge in [0.25, 0.3) is 0 Å². The van der Waals surface area contributed by atoms with Crippen LogP contribution in [0.15, 0.2) is 48.5 Å². The molecule has 9 heteroatoms. The zero-order valence-corrected chi connectivity index (χ0v) is 16.6. The standard InChI is InChI=1S/C22H21F3O6/c1-29-19-14-16(7-10-18(19)30-13-3-2-12-22(23,24)25)21(28)31-17-8-4-15(5-9-17)6-11-20(26)27/h4-11,14H,2-3,12-13H2,1H3,(H,26,27)/b11-6+. The SMILES string of the molecule is COc1cc(C(=O)Oc2ccc(/C=C/C(=O)O)cc2)ccc1OCCCCC(F)(F)F. The zero-order valence-electron chi connectivity index (χ0n) is 16.6. The summed E-state index contributed by atoms with van der Waals surface area (Å²) in [5.74, 6) is -0.900. The Balaban J connectivity index is 1.95. The Morgan fingerprint density at radius 3 is 2.35 bits per heavy atom. The van der Waals surface area contributed by atoms with Crippen LogP contribution in [0.3, 0.4) is 0 Å². The van der Waals surface area contributed by atoms with Gasteiger partial charge in [-0.05, 0) is 54.8 Å². The Bertz CT molecular complexity index is 920. The average molecular weight is 438 g/mol. The van der Waals surface area contributed by atoms with Crippen molar-refractivity contribution in [3.8, 4) is 17.2 Å². The van der Waals surface area contributed by atoms with Crippen molar-refractivity contribution in [3.05, 3.63) is 59.7 Å². The number of carbonyl (C=O) groups is 2. The molecule has 0 bridgehead atoms. The van der Waals surface area contributed by atoms with E-state index in [4.69, 9.17) is 19.3 Å². The number of alkyl halides is 3. The lowest BCUT2D eigenvalue weighted by Gasteiger charge is -2.12. The minimum atomic E-state index is -4.19. The molecule has 0 saturated carbocycles. The molecule has 0 unspecified atom stereocenters. The molecule has 6 nitrogen and oxygen atoms in total. The molecule has 0 aromatic heterocycles. The number of carboxylic acids is 1. The highest BCUT2D eigenvalue weighted by atomic mass is 19.4. The van der Waals surface area contributed by atoms with Crippen LogP contribution < -0.4 is 14.2 Å². The second-order valence-corrected chi connectivity index (χ2v) is 6.42. The second-order valence-electron chi connectivity index (χ2n) is 6.42. The number of halogens is 3. The van der Waals surface area contributed by atoms with Crippen molar-refractivity contribution >= 4 is 18.0 Å². The van der Waals surface area contributed by atoms with Crippen molar-refractivity contribution in [1.29, 1.82) is 0 Å². The molecule has 0 heterocycles. The molecular formula is C22H21F3O6. The number of methoxy groups -OCH3 is 1. The van der Waals surface area contributed by atoms with E-state index < -0.39 is 24.5 Å². The lowest BCUT2D eigenvalue weighted by Crippen LogP contribution is -2.10. The predicted molar refractivity (Wildman–Crippen MR) is 106 cm³/mol. The van der Waals surface area contributed by atoms with Crippen LogP contribution >= 0.6 is 0 Å². The first-order chi connectivity index (χ1) is 14.7. The van der Waals surface area contributed by atoms with Gasteiger partial charge in [0.2, 0.25) is 0 Å². The predicted octanol–water partition coefficient (Wildman–Crippen LogP) is 5.12. The summed E-state index contributed by atoms with van der Waals surface area (Å²) in [4.78, 5) is 22.9. The molecule has 0 aliphatic heterocycles. The molecule has 0 spiro atoms. The number of hydrogen-bond donors (Lipinski definition) is 1. The Morgan fingerprint density at radius 1 is 1.03 bits per heavy atom. The number of carbonyl (C=O) groups excluding carboxylic acids is 1. The van der Waals surface area contributed by atoms with Crippen molar-refractivity contribution in [2.75, 3.05) is 13.7 Å². The molecule has 0 amide bonds. The highest BCUT2D eigenvalue weighted by Crippen LogP contribution is 2.29. The van der Waals surface area contributed by atoms with Gasteiger partial charge in [-0.3, -0.25) is 0 Å². The van der Waals surface area contributed by atoms with Crippen molar-refractivity contribution in [2.45, 2.75) is 25.4 Å². The van der Waals surface area contributed by atoms with Gasteiger partial charge in [-0.2, -0.15) is 13.2 Å². The molecule has 2 aromatic carbocycles. The average Bonchev–Trinajstić information content (AvgIpc) is 2.72. The van der Waals surface area contributed by atoms with E-state index in [9.17, 15) is 22.8 Å². The zero-order chi connectivity index (χ0) is 22.9. The normalized spacial score (nSPS) is 11.4.